The molecule has 2 saturated carbocycles. The Morgan fingerprint density at radius 1 is 0.900 bits per heavy atom. The molecule has 1 spiro atoms. The van der Waals surface area contributed by atoms with Crippen molar-refractivity contribution >= 4 is 29.8 Å². The van der Waals surface area contributed by atoms with Crippen molar-refractivity contribution in [1.29, 1.82) is 0 Å². The van der Waals surface area contributed by atoms with Crippen LogP contribution in [0.15, 0.2) is 102 Å². The number of para-hydroxylation sites is 1. The number of hydrogen-bond acceptors (Lipinski definition) is 14. The average Bonchev–Trinajstić information content (AvgIpc) is 3.59. The summed E-state index contributed by atoms with van der Waals surface area (Å²) < 4.78 is 37.4. The zero-order valence-corrected chi connectivity index (χ0v) is 33.6. The monoisotopic (exact) mass is 825 g/mol. The number of ketones is 1. The first kappa shape index (κ1) is 41.1. The Bertz CT molecular complexity index is 2230. The van der Waals surface area contributed by atoms with Gasteiger partial charge in [0.15, 0.2) is 35.8 Å². The predicted molar refractivity (Wildman–Crippen MR) is 208 cm³/mol. The molecule has 1 amide bonds. The highest BCUT2D eigenvalue weighted by Crippen LogP contribution is 2.66. The van der Waals surface area contributed by atoms with Gasteiger partial charge >= 0.3 is 18.1 Å². The molecule has 3 aliphatic carbocycles. The molecule has 2 aliphatic heterocycles. The number of rotatable bonds is 9. The van der Waals surface area contributed by atoms with Gasteiger partial charge in [0.2, 0.25) is 5.60 Å². The maximum absolute atomic E-state index is 15.1. The van der Waals surface area contributed by atoms with E-state index in [2.05, 4.69) is 5.32 Å². The van der Waals surface area contributed by atoms with Crippen molar-refractivity contribution in [2.75, 3.05) is 6.61 Å². The molecule has 15 heteroatoms. The summed E-state index contributed by atoms with van der Waals surface area (Å²) in [7, 11) is 0. The number of benzene rings is 3. The third kappa shape index (κ3) is 6.04. The van der Waals surface area contributed by atoms with Crippen LogP contribution >= 0.6 is 0 Å². The molecule has 4 fully saturated rings. The summed E-state index contributed by atoms with van der Waals surface area (Å²) in [5.74, 6) is -4.58. The zero-order chi connectivity index (χ0) is 42.9. The largest absolute Gasteiger partial charge is 0.509 e. The lowest BCUT2D eigenvalue weighted by Crippen LogP contribution is -2.83. The number of carbonyl (C=O) groups excluding carboxylic acids is 5. The number of carbonyl (C=O) groups is 5. The van der Waals surface area contributed by atoms with E-state index in [1.807, 2.05) is 0 Å². The molecule has 4 N–H and O–H groups in total. The first-order chi connectivity index (χ1) is 28.5. The number of ether oxygens (including phenoxy) is 6. The van der Waals surface area contributed by atoms with Crippen molar-refractivity contribution in [2.45, 2.75) is 101 Å². The third-order valence-corrected chi connectivity index (χ3v) is 13.4. The second kappa shape index (κ2) is 14.8. The third-order valence-electron chi connectivity index (χ3n) is 13.4. The molecule has 0 radical (unpaired) electrons. The van der Waals surface area contributed by atoms with Crippen LogP contribution in [0.25, 0.3) is 0 Å². The van der Waals surface area contributed by atoms with Gasteiger partial charge in [-0.2, -0.15) is 0 Å². The van der Waals surface area contributed by atoms with Crippen molar-refractivity contribution in [3.05, 3.63) is 113 Å². The summed E-state index contributed by atoms with van der Waals surface area (Å²) >= 11 is 0. The predicted octanol–water partition coefficient (Wildman–Crippen LogP) is 3.54. The molecule has 2 bridgehead atoms. The van der Waals surface area contributed by atoms with Crippen LogP contribution in [0, 0.1) is 16.7 Å². The van der Waals surface area contributed by atoms with Crippen LogP contribution in [-0.2, 0) is 38.1 Å². The normalized spacial score (nSPS) is 34.6. The van der Waals surface area contributed by atoms with E-state index in [-0.39, 0.29) is 35.5 Å². The van der Waals surface area contributed by atoms with Crippen molar-refractivity contribution in [3.63, 3.8) is 0 Å². The van der Waals surface area contributed by atoms with E-state index < -0.39 is 107 Å². The topological polar surface area (TPSA) is 213 Å². The van der Waals surface area contributed by atoms with E-state index in [1.54, 1.807) is 105 Å². The molecule has 2 heterocycles. The van der Waals surface area contributed by atoms with E-state index in [1.165, 1.54) is 20.8 Å². The van der Waals surface area contributed by atoms with E-state index >= 15 is 4.79 Å². The van der Waals surface area contributed by atoms with Gasteiger partial charge in [0, 0.05) is 24.3 Å². The molecule has 5 aliphatic rings. The Labute approximate surface area is 345 Å². The standard InChI is InChI=1S/C45H47NO14/c1-23-30-32(49)36(51)43(5)28(48)21-29-44(22-55-29,59-24(2)47)35(43)38(56-27-19-13-8-14-20-27)45(42(30,3)4)37(58-41(54)60-45)34(23)57-40(53)33(50)31(25-15-9-6-10-16-25)46-39(52)26-17-11-7-12-18-26/h6-20,28-29,31-35,37-38,48-50H,21-22H2,1-5H3,(H,46,52)/t28-,29?,31-,32+,33+,34+,35?,37-,38-,43+,44-,45+/m0/s1. The number of fused-ring (bicyclic) bond motifs is 4. The first-order valence-corrected chi connectivity index (χ1v) is 19.8. The fourth-order valence-corrected chi connectivity index (χ4v) is 10.6. The van der Waals surface area contributed by atoms with Crippen molar-refractivity contribution in [2.24, 2.45) is 16.7 Å². The van der Waals surface area contributed by atoms with Crippen LogP contribution in [0.5, 0.6) is 5.75 Å². The maximum atomic E-state index is 15.1. The molecule has 12 atom stereocenters. The van der Waals surface area contributed by atoms with Crippen molar-refractivity contribution < 1.29 is 67.7 Å². The summed E-state index contributed by atoms with van der Waals surface area (Å²) in [5.41, 5.74) is -6.57. The fraction of sp³-hybridized carbons (Fsp3) is 0.444. The van der Waals surface area contributed by atoms with Crippen LogP contribution in [0.4, 0.5) is 4.79 Å². The molecular formula is C45H47NO14. The van der Waals surface area contributed by atoms with Gasteiger partial charge in [-0.15, -0.1) is 0 Å². The van der Waals surface area contributed by atoms with E-state index in [0.29, 0.717) is 5.56 Å². The van der Waals surface area contributed by atoms with Crippen LogP contribution < -0.4 is 10.1 Å². The van der Waals surface area contributed by atoms with Gasteiger partial charge in [0.1, 0.15) is 18.0 Å². The number of esters is 2. The summed E-state index contributed by atoms with van der Waals surface area (Å²) in [5, 5.41) is 39.0. The van der Waals surface area contributed by atoms with Crippen LogP contribution in [0.1, 0.15) is 63.0 Å². The molecule has 3 aromatic rings. The zero-order valence-electron chi connectivity index (χ0n) is 33.6. The first-order valence-electron chi connectivity index (χ1n) is 19.8. The van der Waals surface area contributed by atoms with Crippen molar-refractivity contribution in [1.82, 2.24) is 5.32 Å². The Morgan fingerprint density at radius 2 is 1.52 bits per heavy atom. The minimum absolute atomic E-state index is 0.00612. The van der Waals surface area contributed by atoms with Gasteiger partial charge in [-0.25, -0.2) is 9.59 Å². The van der Waals surface area contributed by atoms with Gasteiger partial charge in [-0.1, -0.05) is 80.6 Å². The molecule has 15 nitrogen and oxygen atoms in total. The Morgan fingerprint density at radius 3 is 2.12 bits per heavy atom. The summed E-state index contributed by atoms with van der Waals surface area (Å²) in [4.78, 5) is 69.8. The lowest BCUT2D eigenvalue weighted by Gasteiger charge is -2.67. The Kier molecular flexibility index (Phi) is 10.2. The average molecular weight is 826 g/mol. The molecular weight excluding hydrogens is 778 g/mol. The summed E-state index contributed by atoms with van der Waals surface area (Å²) in [6.07, 6.45) is -12.6. The highest BCUT2D eigenvalue weighted by molar-refractivity contribution is 5.95. The molecule has 3 aromatic carbocycles. The Balaban J connectivity index is 1.29. The van der Waals surface area contributed by atoms with Gasteiger partial charge in [-0.3, -0.25) is 14.4 Å². The highest BCUT2D eigenvalue weighted by atomic mass is 16.8. The SMILES string of the molecule is CC(=O)O[C@@]12COC1C[C@H](O)[C@@]1(C)C(=O)[C@H](O)C3=C(C)[C@@H](OC(=O)[C@H](O)[C@@H](NC(=O)c4ccccc4)c4ccccc4)[C@@H]4OC(=O)O[C@]4([C@@H](Oc4ccccc4)C21)C3(C)C. The van der Waals surface area contributed by atoms with Crippen LogP contribution in [0.2, 0.25) is 0 Å². The number of hydrogen-bond donors (Lipinski definition) is 4. The number of nitrogens with one attached hydrogen (secondary N) is 1. The summed E-state index contributed by atoms with van der Waals surface area (Å²) in [6.45, 7) is 7.18. The number of Topliss-reactive ketones (excluding diaryl/α,β-unsaturated/α-hetero) is 1. The molecule has 8 rings (SSSR count). The fourth-order valence-electron chi connectivity index (χ4n) is 10.6. The molecule has 60 heavy (non-hydrogen) atoms. The van der Waals surface area contributed by atoms with Crippen LogP contribution in [0.3, 0.4) is 0 Å². The van der Waals surface area contributed by atoms with E-state index in [4.69, 9.17) is 28.4 Å². The van der Waals surface area contributed by atoms with Crippen molar-refractivity contribution in [3.8, 4) is 5.75 Å². The minimum atomic E-state index is -2.12. The molecule has 0 aromatic heterocycles. The maximum Gasteiger partial charge on any atom is 0.509 e. The number of aliphatic hydroxyl groups is 3. The number of amides is 1. The summed E-state index contributed by atoms with van der Waals surface area (Å²) in [6, 6.07) is 23.5. The lowest BCUT2D eigenvalue weighted by molar-refractivity contribution is -0.343. The number of aliphatic hydroxyl groups excluding tert-OH is 3. The van der Waals surface area contributed by atoms with E-state index in [9.17, 15) is 34.5 Å². The van der Waals surface area contributed by atoms with Gasteiger partial charge in [0.05, 0.1) is 30.1 Å². The molecule has 2 unspecified atom stereocenters. The Hall–Kier alpha value is -5.61. The van der Waals surface area contributed by atoms with Gasteiger partial charge in [-0.05, 0) is 54.8 Å². The van der Waals surface area contributed by atoms with Gasteiger partial charge in [0.25, 0.3) is 5.91 Å². The second-order valence-corrected chi connectivity index (χ2v) is 16.9. The molecule has 2 saturated heterocycles. The highest BCUT2D eigenvalue weighted by Gasteiger charge is 2.82. The lowest BCUT2D eigenvalue weighted by atomic mass is 9.44. The van der Waals surface area contributed by atoms with Crippen LogP contribution in [-0.4, -0.2) is 106 Å². The van der Waals surface area contributed by atoms with Gasteiger partial charge < -0.3 is 49.1 Å². The smallest absolute Gasteiger partial charge is 0.486 e. The van der Waals surface area contributed by atoms with E-state index in [0.717, 1.165) is 0 Å². The second-order valence-electron chi connectivity index (χ2n) is 16.9. The molecule has 316 valence electrons. The quantitative estimate of drug-likeness (QED) is 0.138. The minimum Gasteiger partial charge on any atom is -0.486 e.